The van der Waals surface area contributed by atoms with Gasteiger partial charge in [-0.2, -0.15) is 0 Å². The molecule has 7 nitrogen and oxygen atoms in total. The first kappa shape index (κ1) is 18.9. The summed E-state index contributed by atoms with van der Waals surface area (Å²) in [6.07, 6.45) is 5.22. The molecule has 0 radical (unpaired) electrons. The minimum absolute atomic E-state index is 0.201. The highest BCUT2D eigenvalue weighted by Gasteiger charge is 2.20. The molecule has 1 aliphatic rings. The summed E-state index contributed by atoms with van der Waals surface area (Å²) in [6.45, 7) is 7.36. The van der Waals surface area contributed by atoms with Gasteiger partial charge in [0.2, 0.25) is 5.95 Å². The number of amides is 1. The number of nitrogens with zero attached hydrogens (tertiary/aromatic N) is 5. The second-order valence-electron chi connectivity index (χ2n) is 7.25. The zero-order chi connectivity index (χ0) is 20.2. The Morgan fingerprint density at radius 1 is 0.862 bits per heavy atom. The van der Waals surface area contributed by atoms with Crippen LogP contribution in [0.4, 0.5) is 17.3 Å². The average molecular weight is 388 g/mol. The lowest BCUT2D eigenvalue weighted by molar-refractivity contribution is 0.102. The van der Waals surface area contributed by atoms with Crippen molar-refractivity contribution in [3.8, 4) is 0 Å². The molecule has 4 rings (SSSR count). The average Bonchev–Trinajstić information content (AvgIpc) is 2.74. The lowest BCUT2D eigenvalue weighted by Gasteiger charge is -2.36. The predicted octanol–water partition coefficient (Wildman–Crippen LogP) is 3.07. The molecule has 0 unspecified atom stereocenters. The van der Waals surface area contributed by atoms with E-state index in [-0.39, 0.29) is 5.91 Å². The Morgan fingerprint density at radius 3 is 2.21 bits per heavy atom. The first-order valence-electron chi connectivity index (χ1n) is 9.71. The predicted molar refractivity (Wildman–Crippen MR) is 115 cm³/mol. The van der Waals surface area contributed by atoms with Gasteiger partial charge in [0.15, 0.2) is 0 Å². The standard InChI is InChI=1S/C22H24N6O/c1-16-12-17(2)14-18(13-16)26-21(29)20-15-19(4-7-23-20)27-8-10-28(11-9-27)22-24-5-3-6-25-22/h3-7,12-15H,8-11H2,1-2H3,(H,26,29). The Hall–Kier alpha value is -3.48. The number of pyridine rings is 1. The second-order valence-corrected chi connectivity index (χ2v) is 7.25. The molecule has 29 heavy (non-hydrogen) atoms. The number of carbonyl (C=O) groups excluding carboxylic acids is 1. The first-order chi connectivity index (χ1) is 14.1. The molecule has 1 saturated heterocycles. The molecule has 3 aromatic rings. The van der Waals surface area contributed by atoms with Gasteiger partial charge in [-0.25, -0.2) is 9.97 Å². The summed E-state index contributed by atoms with van der Waals surface area (Å²) in [5.74, 6) is 0.559. The van der Waals surface area contributed by atoms with Crippen molar-refractivity contribution >= 4 is 23.2 Å². The van der Waals surface area contributed by atoms with Crippen LogP contribution in [0.15, 0.2) is 55.0 Å². The molecule has 2 aromatic heterocycles. The number of anilines is 3. The van der Waals surface area contributed by atoms with Crippen LogP contribution in [0, 0.1) is 13.8 Å². The van der Waals surface area contributed by atoms with E-state index >= 15 is 0 Å². The summed E-state index contributed by atoms with van der Waals surface area (Å²) in [6, 6.07) is 11.6. The Kier molecular flexibility index (Phi) is 5.37. The van der Waals surface area contributed by atoms with Gasteiger partial charge in [0.05, 0.1) is 0 Å². The highest BCUT2D eigenvalue weighted by molar-refractivity contribution is 6.03. The van der Waals surface area contributed by atoms with Crippen molar-refractivity contribution in [1.82, 2.24) is 15.0 Å². The Bertz CT molecular complexity index is 979. The van der Waals surface area contributed by atoms with Gasteiger partial charge < -0.3 is 15.1 Å². The molecule has 1 N–H and O–H groups in total. The zero-order valence-electron chi connectivity index (χ0n) is 16.7. The van der Waals surface area contributed by atoms with Crippen LogP contribution in [0.1, 0.15) is 21.6 Å². The van der Waals surface area contributed by atoms with Crippen molar-refractivity contribution in [3.63, 3.8) is 0 Å². The normalized spacial score (nSPS) is 14.0. The van der Waals surface area contributed by atoms with Gasteiger partial charge in [0.25, 0.3) is 5.91 Å². The minimum Gasteiger partial charge on any atom is -0.368 e. The zero-order valence-corrected chi connectivity index (χ0v) is 16.7. The number of rotatable bonds is 4. The molecule has 7 heteroatoms. The third-order valence-corrected chi connectivity index (χ3v) is 4.94. The molecule has 0 bridgehead atoms. The van der Waals surface area contributed by atoms with E-state index < -0.39 is 0 Å². The van der Waals surface area contributed by atoms with Crippen LogP contribution in [0.5, 0.6) is 0 Å². The molecule has 1 aliphatic heterocycles. The summed E-state index contributed by atoms with van der Waals surface area (Å²) < 4.78 is 0. The SMILES string of the molecule is Cc1cc(C)cc(NC(=O)c2cc(N3CCN(c4ncccn4)CC3)ccn2)c1. The fraction of sp³-hybridized carbons (Fsp3) is 0.273. The molecule has 0 spiro atoms. The largest absolute Gasteiger partial charge is 0.368 e. The second kappa shape index (κ2) is 8.26. The van der Waals surface area contributed by atoms with E-state index in [1.165, 1.54) is 0 Å². The molecule has 1 aromatic carbocycles. The maximum Gasteiger partial charge on any atom is 0.274 e. The molecule has 0 aliphatic carbocycles. The van der Waals surface area contributed by atoms with E-state index in [0.29, 0.717) is 5.69 Å². The summed E-state index contributed by atoms with van der Waals surface area (Å²) in [7, 11) is 0. The van der Waals surface area contributed by atoms with Gasteiger partial charge in [0.1, 0.15) is 5.69 Å². The molecule has 148 valence electrons. The van der Waals surface area contributed by atoms with E-state index in [1.54, 1.807) is 18.6 Å². The molecule has 3 heterocycles. The summed E-state index contributed by atoms with van der Waals surface area (Å²) in [4.78, 5) is 30.0. The minimum atomic E-state index is -0.201. The van der Waals surface area contributed by atoms with Gasteiger partial charge in [-0.15, -0.1) is 0 Å². The topological polar surface area (TPSA) is 74.2 Å². The number of hydrogen-bond acceptors (Lipinski definition) is 6. The lowest BCUT2D eigenvalue weighted by Crippen LogP contribution is -2.47. The maximum atomic E-state index is 12.7. The van der Waals surface area contributed by atoms with Crippen molar-refractivity contribution in [2.24, 2.45) is 0 Å². The molecular formula is C22H24N6O. The third-order valence-electron chi connectivity index (χ3n) is 4.94. The number of aromatic nitrogens is 3. The Labute approximate surface area is 170 Å². The van der Waals surface area contributed by atoms with E-state index in [9.17, 15) is 4.79 Å². The summed E-state index contributed by atoms with van der Waals surface area (Å²) in [5.41, 5.74) is 4.43. The van der Waals surface area contributed by atoms with Crippen LogP contribution >= 0.6 is 0 Å². The number of hydrogen-bond donors (Lipinski definition) is 1. The molecule has 1 amide bonds. The summed E-state index contributed by atoms with van der Waals surface area (Å²) in [5, 5.41) is 2.95. The first-order valence-corrected chi connectivity index (χ1v) is 9.71. The molecule has 1 fully saturated rings. The highest BCUT2D eigenvalue weighted by atomic mass is 16.1. The van der Waals surface area contributed by atoms with Crippen molar-refractivity contribution in [1.29, 1.82) is 0 Å². The van der Waals surface area contributed by atoms with Gasteiger partial charge in [-0.3, -0.25) is 9.78 Å². The summed E-state index contributed by atoms with van der Waals surface area (Å²) >= 11 is 0. The van der Waals surface area contributed by atoms with Crippen LogP contribution in [-0.2, 0) is 0 Å². The highest BCUT2D eigenvalue weighted by Crippen LogP contribution is 2.20. The Morgan fingerprint density at radius 2 is 1.52 bits per heavy atom. The van der Waals surface area contributed by atoms with Crippen LogP contribution in [0.2, 0.25) is 0 Å². The van der Waals surface area contributed by atoms with E-state index in [2.05, 4.69) is 36.1 Å². The number of aryl methyl sites for hydroxylation is 2. The molecule has 0 saturated carbocycles. The lowest BCUT2D eigenvalue weighted by atomic mass is 10.1. The van der Waals surface area contributed by atoms with E-state index in [0.717, 1.165) is 54.6 Å². The van der Waals surface area contributed by atoms with E-state index in [1.807, 2.05) is 44.2 Å². The number of nitrogens with one attached hydrogen (secondary N) is 1. The quantitative estimate of drug-likeness (QED) is 0.740. The molecular weight excluding hydrogens is 364 g/mol. The van der Waals surface area contributed by atoms with Crippen molar-refractivity contribution < 1.29 is 4.79 Å². The van der Waals surface area contributed by atoms with Crippen molar-refractivity contribution in [2.75, 3.05) is 41.3 Å². The van der Waals surface area contributed by atoms with Crippen molar-refractivity contribution in [2.45, 2.75) is 13.8 Å². The van der Waals surface area contributed by atoms with Crippen LogP contribution in [0.25, 0.3) is 0 Å². The monoisotopic (exact) mass is 388 g/mol. The van der Waals surface area contributed by atoms with Gasteiger partial charge >= 0.3 is 0 Å². The fourth-order valence-electron chi connectivity index (χ4n) is 3.60. The fourth-order valence-corrected chi connectivity index (χ4v) is 3.60. The van der Waals surface area contributed by atoms with Crippen LogP contribution < -0.4 is 15.1 Å². The molecule has 0 atom stereocenters. The maximum absolute atomic E-state index is 12.7. The van der Waals surface area contributed by atoms with Gasteiger partial charge in [0, 0.05) is 56.1 Å². The Balaban J connectivity index is 1.43. The smallest absolute Gasteiger partial charge is 0.274 e. The number of carbonyl (C=O) groups is 1. The third kappa shape index (κ3) is 4.51. The van der Waals surface area contributed by atoms with Gasteiger partial charge in [-0.1, -0.05) is 6.07 Å². The van der Waals surface area contributed by atoms with Crippen molar-refractivity contribution in [3.05, 3.63) is 71.8 Å². The van der Waals surface area contributed by atoms with Gasteiger partial charge in [-0.05, 0) is 55.3 Å². The van der Waals surface area contributed by atoms with E-state index in [4.69, 9.17) is 0 Å². The number of piperazine rings is 1. The van der Waals surface area contributed by atoms with Crippen LogP contribution in [0.3, 0.4) is 0 Å². The number of benzene rings is 1. The van der Waals surface area contributed by atoms with Crippen LogP contribution in [-0.4, -0.2) is 47.0 Å².